The van der Waals surface area contributed by atoms with Crippen LogP contribution in [0.15, 0.2) is 57.5 Å². The first-order chi connectivity index (χ1) is 12.0. The number of aromatic amines is 1. The lowest BCUT2D eigenvalue weighted by atomic mass is 10.0. The molecule has 25 heavy (non-hydrogen) atoms. The molecule has 0 saturated heterocycles. The normalized spacial score (nSPS) is 14.8. The minimum absolute atomic E-state index is 0.0959. The van der Waals surface area contributed by atoms with Crippen molar-refractivity contribution in [3.05, 3.63) is 74.3 Å². The maximum Gasteiger partial charge on any atom is 0.262 e. The molecule has 126 valence electrons. The zero-order chi connectivity index (χ0) is 18.0. The van der Waals surface area contributed by atoms with Gasteiger partial charge in [-0.15, -0.1) is 11.7 Å². The Morgan fingerprint density at radius 2 is 2.08 bits per heavy atom. The lowest BCUT2D eigenvalue weighted by Crippen LogP contribution is -2.17. The van der Waals surface area contributed by atoms with Crippen LogP contribution >= 0.6 is 12.2 Å². The first-order valence-corrected chi connectivity index (χ1v) is 7.99. The van der Waals surface area contributed by atoms with Gasteiger partial charge in [0.2, 0.25) is 5.88 Å². The van der Waals surface area contributed by atoms with E-state index in [0.29, 0.717) is 11.3 Å². The van der Waals surface area contributed by atoms with E-state index in [2.05, 4.69) is 21.8 Å². The Morgan fingerprint density at radius 3 is 2.76 bits per heavy atom. The van der Waals surface area contributed by atoms with Crippen LogP contribution in [0.25, 0.3) is 6.08 Å². The molecule has 0 radical (unpaired) electrons. The van der Waals surface area contributed by atoms with Crippen molar-refractivity contribution in [1.82, 2.24) is 9.55 Å². The van der Waals surface area contributed by atoms with Crippen LogP contribution in [-0.4, -0.2) is 26.6 Å². The van der Waals surface area contributed by atoms with Crippen molar-refractivity contribution in [2.45, 2.75) is 13.5 Å². The molecule has 3 rings (SSSR count). The summed E-state index contributed by atoms with van der Waals surface area (Å²) in [6.07, 6.45) is 4.69. The van der Waals surface area contributed by atoms with Gasteiger partial charge in [-0.3, -0.25) is 14.3 Å². The molecule has 0 unspecified atom stereocenters. The maximum atomic E-state index is 12.2. The zero-order valence-corrected chi connectivity index (χ0v) is 14.4. The molecule has 0 spiro atoms. The van der Waals surface area contributed by atoms with E-state index in [1.165, 1.54) is 4.57 Å². The predicted molar refractivity (Wildman–Crippen MR) is 102 cm³/mol. The van der Waals surface area contributed by atoms with Gasteiger partial charge in [0.05, 0.1) is 6.21 Å². The molecule has 0 saturated carbocycles. The standard InChI is InChI=1S/C18H16N4O2S/c1-3-8-22-17(24)14(16(23)20-18(22)25)9-13-10-19-21-15(13)12-6-4-11(2)5-7-12/h3-7,9-10,24H,1,8H2,2H3,(H,20,23,25). The number of benzene rings is 1. The van der Waals surface area contributed by atoms with E-state index >= 15 is 0 Å². The molecule has 2 aromatic rings. The number of nitrogens with zero attached hydrogens (tertiary/aromatic N) is 3. The summed E-state index contributed by atoms with van der Waals surface area (Å²) in [4.78, 5) is 14.8. The van der Waals surface area contributed by atoms with Gasteiger partial charge in [0.1, 0.15) is 11.3 Å². The lowest BCUT2D eigenvalue weighted by Gasteiger charge is -2.09. The Bertz CT molecular complexity index is 1040. The highest BCUT2D eigenvalue weighted by Crippen LogP contribution is 2.20. The van der Waals surface area contributed by atoms with Gasteiger partial charge in [-0.2, -0.15) is 5.10 Å². The number of aryl methyl sites for hydroxylation is 1. The molecule has 0 amide bonds. The molecule has 6 nitrogen and oxygen atoms in total. The minimum Gasteiger partial charge on any atom is -0.494 e. The number of hydrogen-bond donors (Lipinski definition) is 2. The summed E-state index contributed by atoms with van der Waals surface area (Å²) in [5.41, 5.74) is 2.90. The van der Waals surface area contributed by atoms with Gasteiger partial charge in [-0.05, 0) is 25.2 Å². The number of allylic oxidation sites excluding steroid dienone is 2. The first kappa shape index (κ1) is 16.8. The first-order valence-electron chi connectivity index (χ1n) is 7.58. The van der Waals surface area contributed by atoms with Crippen LogP contribution in [0.2, 0.25) is 0 Å². The third kappa shape index (κ3) is 3.27. The van der Waals surface area contributed by atoms with Gasteiger partial charge in [-0.1, -0.05) is 35.9 Å². The van der Waals surface area contributed by atoms with Crippen LogP contribution < -0.4 is 5.56 Å². The van der Waals surface area contributed by atoms with Gasteiger partial charge in [-0.25, -0.2) is 0 Å². The molecule has 1 aromatic heterocycles. The van der Waals surface area contributed by atoms with E-state index < -0.39 is 5.56 Å². The summed E-state index contributed by atoms with van der Waals surface area (Å²) in [6, 6.07) is 7.82. The van der Waals surface area contributed by atoms with Crippen LogP contribution in [0.3, 0.4) is 0 Å². The fourth-order valence-electron chi connectivity index (χ4n) is 2.47. The maximum absolute atomic E-state index is 12.2. The molecule has 2 heterocycles. The number of aromatic hydroxyl groups is 1. The van der Waals surface area contributed by atoms with Gasteiger partial charge in [0, 0.05) is 17.7 Å². The van der Waals surface area contributed by atoms with Crippen molar-refractivity contribution in [3.63, 3.8) is 0 Å². The number of hydrogen-bond acceptors (Lipinski definition) is 5. The number of aromatic nitrogens is 2. The van der Waals surface area contributed by atoms with Crippen LogP contribution in [0.1, 0.15) is 16.7 Å². The van der Waals surface area contributed by atoms with Crippen molar-refractivity contribution in [1.29, 1.82) is 0 Å². The minimum atomic E-state index is -0.473. The quantitative estimate of drug-likeness (QED) is 0.655. The fraction of sp³-hybridized carbons (Fsp3) is 0.111. The van der Waals surface area contributed by atoms with Crippen molar-refractivity contribution < 1.29 is 5.11 Å². The predicted octanol–water partition coefficient (Wildman–Crippen LogP) is 2.98. The second kappa shape index (κ2) is 6.82. The van der Waals surface area contributed by atoms with E-state index in [1.807, 2.05) is 31.2 Å². The van der Waals surface area contributed by atoms with Crippen LogP contribution in [-0.2, 0) is 6.54 Å². The van der Waals surface area contributed by atoms with E-state index in [9.17, 15) is 9.90 Å². The zero-order valence-electron chi connectivity index (χ0n) is 13.6. The van der Waals surface area contributed by atoms with E-state index in [-0.39, 0.29) is 22.8 Å². The Morgan fingerprint density at radius 1 is 1.36 bits per heavy atom. The highest BCUT2D eigenvalue weighted by Gasteiger charge is 2.16. The Kier molecular flexibility index (Phi) is 4.58. The smallest absolute Gasteiger partial charge is 0.262 e. The van der Waals surface area contributed by atoms with Gasteiger partial charge >= 0.3 is 0 Å². The van der Waals surface area contributed by atoms with Gasteiger partial charge in [0.15, 0.2) is 4.77 Å². The topological polar surface area (TPSA) is 82.7 Å². The SMILES string of the molecule is C=CCn1c(O)c(C=C2C=NN=C2c2ccc(C)cc2)c(=O)[nH]c1=S. The van der Waals surface area contributed by atoms with Crippen molar-refractivity contribution in [2.24, 2.45) is 10.2 Å². The summed E-state index contributed by atoms with van der Waals surface area (Å²) >= 11 is 5.08. The summed E-state index contributed by atoms with van der Waals surface area (Å²) in [5, 5.41) is 18.5. The molecule has 0 fully saturated rings. The van der Waals surface area contributed by atoms with Gasteiger partial charge < -0.3 is 5.11 Å². The Balaban J connectivity index is 2.10. The Labute approximate surface area is 149 Å². The fourth-order valence-corrected chi connectivity index (χ4v) is 2.72. The highest BCUT2D eigenvalue weighted by atomic mass is 32.1. The molecule has 0 atom stereocenters. The third-order valence-corrected chi connectivity index (χ3v) is 4.09. The molecule has 1 aliphatic rings. The molecule has 7 heteroatoms. The second-order valence-corrected chi connectivity index (χ2v) is 5.94. The van der Waals surface area contributed by atoms with E-state index in [1.54, 1.807) is 18.4 Å². The number of H-pyrrole nitrogens is 1. The molecule has 0 aliphatic carbocycles. The summed E-state index contributed by atoms with van der Waals surface area (Å²) in [6.45, 7) is 5.91. The summed E-state index contributed by atoms with van der Waals surface area (Å²) < 4.78 is 1.53. The van der Waals surface area contributed by atoms with Crippen LogP contribution in [0, 0.1) is 11.7 Å². The third-order valence-electron chi connectivity index (χ3n) is 3.77. The van der Waals surface area contributed by atoms with Crippen LogP contribution in [0.5, 0.6) is 5.88 Å². The average molecular weight is 352 g/mol. The molecular weight excluding hydrogens is 336 g/mol. The monoisotopic (exact) mass is 352 g/mol. The molecule has 2 N–H and O–H groups in total. The average Bonchev–Trinajstić information content (AvgIpc) is 3.04. The van der Waals surface area contributed by atoms with Crippen molar-refractivity contribution in [2.75, 3.05) is 0 Å². The highest BCUT2D eigenvalue weighted by molar-refractivity contribution is 7.71. The molecule has 0 bridgehead atoms. The summed E-state index contributed by atoms with van der Waals surface area (Å²) in [5.74, 6) is -0.218. The number of rotatable bonds is 4. The van der Waals surface area contributed by atoms with Crippen molar-refractivity contribution >= 4 is 30.2 Å². The summed E-state index contributed by atoms with van der Waals surface area (Å²) in [7, 11) is 0. The van der Waals surface area contributed by atoms with Crippen LogP contribution in [0.4, 0.5) is 0 Å². The number of nitrogens with one attached hydrogen (secondary N) is 1. The molecule has 1 aliphatic heterocycles. The van der Waals surface area contributed by atoms with E-state index in [0.717, 1.165) is 11.1 Å². The lowest BCUT2D eigenvalue weighted by molar-refractivity contribution is 0.412. The largest absolute Gasteiger partial charge is 0.494 e. The van der Waals surface area contributed by atoms with E-state index in [4.69, 9.17) is 12.2 Å². The molecular formula is C18H16N4O2S. The van der Waals surface area contributed by atoms with Crippen molar-refractivity contribution in [3.8, 4) is 5.88 Å². The van der Waals surface area contributed by atoms with Gasteiger partial charge in [0.25, 0.3) is 5.56 Å². The molecule has 1 aromatic carbocycles. The second-order valence-electron chi connectivity index (χ2n) is 5.55. The Hall–Kier alpha value is -3.06.